The van der Waals surface area contributed by atoms with E-state index in [4.69, 9.17) is 5.11 Å². The Bertz CT molecular complexity index is 1030. The van der Waals surface area contributed by atoms with Gasteiger partial charge < -0.3 is 15.0 Å². The number of ketones is 1. The SMILES string of the molecule is CC(=O)/C=C(/C)O.CN1C(c2ccccn2)=[C-]c2cccc3cccc1c23.[Ir]. The Morgan fingerprint density at radius 1 is 1.07 bits per heavy atom. The van der Waals surface area contributed by atoms with E-state index in [0.717, 1.165) is 17.0 Å². The van der Waals surface area contributed by atoms with Gasteiger partial charge in [0.25, 0.3) is 0 Å². The quantitative estimate of drug-likeness (QED) is 0.280. The predicted molar refractivity (Wildman–Crippen MR) is 109 cm³/mol. The molecule has 0 bridgehead atoms. The van der Waals surface area contributed by atoms with Gasteiger partial charge in [0.2, 0.25) is 0 Å². The molecule has 0 saturated heterocycles. The van der Waals surface area contributed by atoms with Crippen LogP contribution < -0.4 is 4.90 Å². The van der Waals surface area contributed by atoms with Crippen LogP contribution in [0.15, 0.2) is 72.6 Å². The predicted octanol–water partition coefficient (Wildman–Crippen LogP) is 4.91. The summed E-state index contributed by atoms with van der Waals surface area (Å²) in [6.07, 6.45) is 6.49. The Balaban J connectivity index is 0.000000306. The van der Waals surface area contributed by atoms with Gasteiger partial charge in [0.05, 0.1) is 5.76 Å². The van der Waals surface area contributed by atoms with Crippen LogP contribution >= 0.6 is 0 Å². The number of aromatic nitrogens is 1. The van der Waals surface area contributed by atoms with E-state index in [1.807, 2.05) is 24.4 Å². The third-order valence-corrected chi connectivity index (χ3v) is 4.15. The van der Waals surface area contributed by atoms with Crippen molar-refractivity contribution < 1.29 is 30.0 Å². The van der Waals surface area contributed by atoms with E-state index in [2.05, 4.69) is 59.4 Å². The number of carbonyl (C=O) groups excluding carboxylic acids is 1. The number of aliphatic hydroxyl groups excluding tert-OH is 1. The van der Waals surface area contributed by atoms with E-state index >= 15 is 0 Å². The van der Waals surface area contributed by atoms with E-state index < -0.39 is 0 Å². The second-order valence-electron chi connectivity index (χ2n) is 6.32. The number of hydrogen-bond acceptors (Lipinski definition) is 4. The fourth-order valence-electron chi connectivity index (χ4n) is 3.07. The van der Waals surface area contributed by atoms with E-state index in [1.165, 1.54) is 36.4 Å². The number of aliphatic hydroxyl groups is 1. The van der Waals surface area contributed by atoms with Gasteiger partial charge >= 0.3 is 0 Å². The molecule has 0 unspecified atom stereocenters. The molecule has 3 aromatic rings. The number of benzene rings is 2. The molecule has 1 aliphatic heterocycles. The minimum atomic E-state index is -0.125. The smallest absolute Gasteiger partial charge is 0.155 e. The van der Waals surface area contributed by atoms with Crippen LogP contribution in [0.1, 0.15) is 25.1 Å². The van der Waals surface area contributed by atoms with Crippen LogP contribution in [0, 0.1) is 6.08 Å². The average molecular weight is 550 g/mol. The summed E-state index contributed by atoms with van der Waals surface area (Å²) >= 11 is 0. The molecule has 2 heterocycles. The normalized spacial score (nSPS) is 12.5. The van der Waals surface area contributed by atoms with Crippen LogP contribution in [0.5, 0.6) is 0 Å². The molecule has 5 heteroatoms. The summed E-state index contributed by atoms with van der Waals surface area (Å²) < 4.78 is 0. The summed E-state index contributed by atoms with van der Waals surface area (Å²) in [5.41, 5.74) is 4.30. The molecule has 1 aromatic heterocycles. The van der Waals surface area contributed by atoms with Gasteiger partial charge in [0.1, 0.15) is 0 Å². The first-order valence-corrected chi connectivity index (χ1v) is 8.66. The Morgan fingerprint density at radius 3 is 2.36 bits per heavy atom. The standard InChI is InChI=1S/C18H13N2.C5H8O2.Ir/c1-20-16-10-5-7-13-6-4-8-14(18(13)16)12-17(20)15-9-2-3-11-19-15;1-4(6)3-5(2)7;/h2-11H,1H3;3,6H,1-2H3;/q-1;;/b;4-3-;. The van der Waals surface area contributed by atoms with E-state index in [-0.39, 0.29) is 31.6 Å². The maximum Gasteiger partial charge on any atom is 0.155 e. The molecular formula is C23H21IrN2O2-. The molecule has 4 nitrogen and oxygen atoms in total. The Morgan fingerprint density at radius 2 is 1.79 bits per heavy atom. The molecule has 145 valence electrons. The minimum absolute atomic E-state index is 0. The fourth-order valence-corrected chi connectivity index (χ4v) is 3.07. The number of carbonyl (C=O) groups is 1. The van der Waals surface area contributed by atoms with Crippen molar-refractivity contribution in [3.05, 3.63) is 90.0 Å². The van der Waals surface area contributed by atoms with Crippen LogP contribution in [0.4, 0.5) is 5.69 Å². The first-order chi connectivity index (χ1) is 13.0. The number of rotatable bonds is 2. The maximum atomic E-state index is 10.0. The number of nitrogens with zero attached hydrogens (tertiary/aromatic N) is 2. The van der Waals surface area contributed by atoms with Gasteiger partial charge in [-0.15, -0.1) is 23.8 Å². The largest absolute Gasteiger partial charge is 0.512 e. The molecule has 1 radical (unpaired) electrons. The van der Waals surface area contributed by atoms with Crippen LogP contribution in [0.25, 0.3) is 16.5 Å². The van der Waals surface area contributed by atoms with Crippen LogP contribution in [0.3, 0.4) is 0 Å². The third-order valence-electron chi connectivity index (χ3n) is 4.15. The van der Waals surface area contributed by atoms with Crippen LogP contribution in [0.2, 0.25) is 0 Å². The van der Waals surface area contributed by atoms with Crippen molar-refractivity contribution >= 4 is 27.9 Å². The van der Waals surface area contributed by atoms with Crippen molar-refractivity contribution in [2.24, 2.45) is 0 Å². The molecule has 1 N–H and O–H groups in total. The second-order valence-corrected chi connectivity index (χ2v) is 6.32. The molecule has 0 amide bonds. The topological polar surface area (TPSA) is 53.4 Å². The van der Waals surface area contributed by atoms with Gasteiger partial charge in [-0.1, -0.05) is 41.1 Å². The number of pyridine rings is 1. The van der Waals surface area contributed by atoms with Crippen molar-refractivity contribution in [1.82, 2.24) is 4.98 Å². The Kier molecular flexibility index (Phi) is 7.27. The third kappa shape index (κ3) is 4.75. The van der Waals surface area contributed by atoms with Gasteiger partial charge in [0.15, 0.2) is 5.78 Å². The van der Waals surface area contributed by atoms with Crippen LogP contribution in [-0.4, -0.2) is 22.9 Å². The summed E-state index contributed by atoms with van der Waals surface area (Å²) in [7, 11) is 2.07. The molecule has 0 aliphatic carbocycles. The monoisotopic (exact) mass is 550 g/mol. The molecule has 0 spiro atoms. The zero-order valence-corrected chi connectivity index (χ0v) is 18.3. The molecule has 1 aliphatic rings. The maximum absolute atomic E-state index is 10.0. The summed E-state index contributed by atoms with van der Waals surface area (Å²) in [6.45, 7) is 2.85. The first-order valence-electron chi connectivity index (χ1n) is 8.66. The van der Waals surface area contributed by atoms with E-state index in [0.29, 0.717) is 0 Å². The molecule has 0 saturated carbocycles. The summed E-state index contributed by atoms with van der Waals surface area (Å²) in [5, 5.41) is 10.9. The van der Waals surface area contributed by atoms with E-state index in [1.54, 1.807) is 0 Å². The minimum Gasteiger partial charge on any atom is -0.512 e. The van der Waals surface area contributed by atoms with Crippen molar-refractivity contribution in [3.63, 3.8) is 0 Å². The molecule has 4 rings (SSSR count). The Labute approximate surface area is 178 Å². The van der Waals surface area contributed by atoms with Crippen molar-refractivity contribution in [1.29, 1.82) is 0 Å². The number of allylic oxidation sites excluding steroid dienone is 2. The van der Waals surface area contributed by atoms with Crippen molar-refractivity contribution in [2.75, 3.05) is 11.9 Å². The van der Waals surface area contributed by atoms with Gasteiger partial charge in [-0.25, -0.2) is 0 Å². The van der Waals surface area contributed by atoms with Gasteiger partial charge in [-0.3, -0.25) is 4.79 Å². The second kappa shape index (κ2) is 9.45. The Hall–Kier alpha value is -2.75. The zero-order chi connectivity index (χ0) is 19.4. The molecule has 28 heavy (non-hydrogen) atoms. The van der Waals surface area contributed by atoms with Gasteiger partial charge in [-0.05, 0) is 31.7 Å². The van der Waals surface area contributed by atoms with Gasteiger partial charge in [-0.2, -0.15) is 0 Å². The summed E-state index contributed by atoms with van der Waals surface area (Å²) in [4.78, 5) is 16.6. The summed E-state index contributed by atoms with van der Waals surface area (Å²) in [6, 6.07) is 18.7. The number of anilines is 1. The average Bonchev–Trinajstić information content (AvgIpc) is 2.65. The summed E-state index contributed by atoms with van der Waals surface area (Å²) in [5.74, 6) is -0.0625. The van der Waals surface area contributed by atoms with Crippen molar-refractivity contribution in [2.45, 2.75) is 13.8 Å². The molecule has 2 aromatic carbocycles. The van der Waals surface area contributed by atoms with Crippen LogP contribution in [-0.2, 0) is 24.9 Å². The fraction of sp³-hybridized carbons (Fsp3) is 0.130. The molecule has 0 atom stereocenters. The van der Waals surface area contributed by atoms with Crippen molar-refractivity contribution in [3.8, 4) is 0 Å². The molecular weight excluding hydrogens is 528 g/mol. The van der Waals surface area contributed by atoms with Gasteiger partial charge in [0, 0.05) is 50.8 Å². The zero-order valence-electron chi connectivity index (χ0n) is 15.9. The van der Waals surface area contributed by atoms with E-state index in [9.17, 15) is 4.79 Å². The number of hydrogen-bond donors (Lipinski definition) is 1. The molecule has 0 fully saturated rings. The first kappa shape index (κ1) is 21.5.